The van der Waals surface area contributed by atoms with Gasteiger partial charge in [-0.1, -0.05) is 66.2 Å². The summed E-state index contributed by atoms with van der Waals surface area (Å²) in [6.45, 7) is 2.99. The number of nitrogens with zero attached hydrogens (tertiary/aromatic N) is 1. The van der Waals surface area contributed by atoms with Gasteiger partial charge in [0, 0.05) is 17.9 Å². The second kappa shape index (κ2) is 6.27. The molecule has 1 nitrogen and oxygen atoms in total. The molecule has 0 aliphatic carbocycles. The van der Waals surface area contributed by atoms with Crippen molar-refractivity contribution in [1.82, 2.24) is 0 Å². The molecular weight excluding hydrogens is 254 g/mol. The fourth-order valence-electron chi connectivity index (χ4n) is 2.42. The first-order chi connectivity index (χ1) is 10.3. The molecule has 1 heteroatoms. The standard InChI is InChI=1S/C20H19N/c1-17-12-14-18(15-13-17)16-21(19-8-4-2-5-9-19)20-10-6-3-7-11-20/h2-15H,16H2,1H3. The highest BCUT2D eigenvalue weighted by molar-refractivity contribution is 5.63. The Hall–Kier alpha value is -2.54. The number of anilines is 2. The van der Waals surface area contributed by atoms with Gasteiger partial charge < -0.3 is 4.90 Å². The molecular formula is C20H19N. The van der Waals surface area contributed by atoms with Crippen molar-refractivity contribution < 1.29 is 0 Å². The van der Waals surface area contributed by atoms with E-state index in [1.807, 2.05) is 0 Å². The predicted octanol–water partition coefficient (Wildman–Crippen LogP) is 5.33. The van der Waals surface area contributed by atoms with Gasteiger partial charge in [-0.15, -0.1) is 0 Å². The number of hydrogen-bond acceptors (Lipinski definition) is 1. The van der Waals surface area contributed by atoms with Crippen molar-refractivity contribution in [3.05, 3.63) is 96.1 Å². The summed E-state index contributed by atoms with van der Waals surface area (Å²) >= 11 is 0. The van der Waals surface area contributed by atoms with E-state index in [-0.39, 0.29) is 0 Å². The lowest BCUT2D eigenvalue weighted by Crippen LogP contribution is -2.16. The molecule has 3 aromatic carbocycles. The SMILES string of the molecule is Cc1ccc(CN(c2ccccc2)c2ccccc2)cc1. The lowest BCUT2D eigenvalue weighted by Gasteiger charge is -2.25. The molecule has 0 amide bonds. The quantitative estimate of drug-likeness (QED) is 0.620. The van der Waals surface area contributed by atoms with Crippen LogP contribution in [-0.2, 0) is 6.54 Å². The van der Waals surface area contributed by atoms with Crippen LogP contribution in [0.15, 0.2) is 84.9 Å². The largest absolute Gasteiger partial charge is 0.337 e. The summed E-state index contributed by atoms with van der Waals surface area (Å²) in [6.07, 6.45) is 0. The summed E-state index contributed by atoms with van der Waals surface area (Å²) in [5.74, 6) is 0. The van der Waals surface area contributed by atoms with Crippen LogP contribution in [-0.4, -0.2) is 0 Å². The zero-order valence-corrected chi connectivity index (χ0v) is 12.2. The van der Waals surface area contributed by atoms with Crippen molar-refractivity contribution in [1.29, 1.82) is 0 Å². The van der Waals surface area contributed by atoms with Crippen molar-refractivity contribution >= 4 is 11.4 Å². The zero-order chi connectivity index (χ0) is 14.5. The van der Waals surface area contributed by atoms with Gasteiger partial charge in [-0.05, 0) is 36.8 Å². The van der Waals surface area contributed by atoms with Crippen LogP contribution < -0.4 is 4.90 Å². The number of para-hydroxylation sites is 2. The molecule has 0 saturated carbocycles. The first-order valence-corrected chi connectivity index (χ1v) is 7.26. The van der Waals surface area contributed by atoms with Gasteiger partial charge in [-0.25, -0.2) is 0 Å². The Labute approximate surface area is 126 Å². The molecule has 0 N–H and O–H groups in total. The molecule has 0 saturated heterocycles. The molecule has 21 heavy (non-hydrogen) atoms. The molecule has 0 aliphatic heterocycles. The predicted molar refractivity (Wildman–Crippen MR) is 89.9 cm³/mol. The van der Waals surface area contributed by atoms with Crippen molar-refractivity contribution in [3.8, 4) is 0 Å². The van der Waals surface area contributed by atoms with E-state index < -0.39 is 0 Å². The highest BCUT2D eigenvalue weighted by Crippen LogP contribution is 2.27. The van der Waals surface area contributed by atoms with Gasteiger partial charge >= 0.3 is 0 Å². The fraction of sp³-hybridized carbons (Fsp3) is 0.100. The third kappa shape index (κ3) is 3.32. The zero-order valence-electron chi connectivity index (χ0n) is 12.2. The maximum absolute atomic E-state index is 2.34. The average molecular weight is 273 g/mol. The third-order valence-corrected chi connectivity index (χ3v) is 3.60. The summed E-state index contributed by atoms with van der Waals surface area (Å²) in [5.41, 5.74) is 5.03. The van der Waals surface area contributed by atoms with E-state index in [0.29, 0.717) is 0 Å². The van der Waals surface area contributed by atoms with E-state index in [4.69, 9.17) is 0 Å². The lowest BCUT2D eigenvalue weighted by atomic mass is 10.1. The maximum Gasteiger partial charge on any atom is 0.0481 e. The highest BCUT2D eigenvalue weighted by atomic mass is 15.1. The van der Waals surface area contributed by atoms with Crippen LogP contribution in [0.3, 0.4) is 0 Å². The minimum Gasteiger partial charge on any atom is -0.337 e. The van der Waals surface area contributed by atoms with E-state index in [0.717, 1.165) is 6.54 Å². The van der Waals surface area contributed by atoms with Crippen LogP contribution in [0.1, 0.15) is 11.1 Å². The van der Waals surface area contributed by atoms with E-state index >= 15 is 0 Å². The highest BCUT2D eigenvalue weighted by Gasteiger charge is 2.09. The van der Waals surface area contributed by atoms with E-state index in [1.165, 1.54) is 22.5 Å². The Morgan fingerprint density at radius 2 is 1.10 bits per heavy atom. The monoisotopic (exact) mass is 273 g/mol. The summed E-state index contributed by atoms with van der Waals surface area (Å²) < 4.78 is 0. The van der Waals surface area contributed by atoms with Gasteiger partial charge in [0.05, 0.1) is 0 Å². The van der Waals surface area contributed by atoms with Crippen LogP contribution >= 0.6 is 0 Å². The van der Waals surface area contributed by atoms with E-state index in [2.05, 4.69) is 96.8 Å². The van der Waals surface area contributed by atoms with Crippen molar-refractivity contribution in [3.63, 3.8) is 0 Å². The molecule has 104 valence electrons. The lowest BCUT2D eigenvalue weighted by molar-refractivity contribution is 0.974. The molecule has 0 fully saturated rings. The van der Waals surface area contributed by atoms with E-state index in [9.17, 15) is 0 Å². The molecule has 0 spiro atoms. The van der Waals surface area contributed by atoms with Crippen LogP contribution in [0.5, 0.6) is 0 Å². The topological polar surface area (TPSA) is 3.24 Å². The Bertz CT molecular complexity index is 633. The molecule has 3 rings (SSSR count). The van der Waals surface area contributed by atoms with Crippen LogP contribution in [0.25, 0.3) is 0 Å². The molecule has 0 aromatic heterocycles. The fourth-order valence-corrected chi connectivity index (χ4v) is 2.42. The third-order valence-electron chi connectivity index (χ3n) is 3.60. The normalized spacial score (nSPS) is 10.3. The molecule has 0 bridgehead atoms. The molecule has 0 aliphatic rings. The summed E-state index contributed by atoms with van der Waals surface area (Å²) in [6, 6.07) is 29.8. The number of aryl methyl sites for hydroxylation is 1. The van der Waals surface area contributed by atoms with Crippen molar-refractivity contribution in [2.45, 2.75) is 13.5 Å². The number of benzene rings is 3. The molecule has 0 heterocycles. The van der Waals surface area contributed by atoms with Gasteiger partial charge in [0.1, 0.15) is 0 Å². The number of hydrogen-bond donors (Lipinski definition) is 0. The molecule has 0 atom stereocenters. The van der Waals surface area contributed by atoms with Gasteiger partial charge in [-0.3, -0.25) is 0 Å². The minimum absolute atomic E-state index is 0.869. The van der Waals surface area contributed by atoms with Crippen molar-refractivity contribution in [2.75, 3.05) is 4.90 Å². The second-order valence-corrected chi connectivity index (χ2v) is 5.24. The average Bonchev–Trinajstić information content (AvgIpc) is 2.56. The van der Waals surface area contributed by atoms with Crippen LogP contribution in [0.4, 0.5) is 11.4 Å². The summed E-state index contributed by atoms with van der Waals surface area (Å²) in [5, 5.41) is 0. The summed E-state index contributed by atoms with van der Waals surface area (Å²) in [7, 11) is 0. The van der Waals surface area contributed by atoms with Crippen molar-refractivity contribution in [2.24, 2.45) is 0 Å². The summed E-state index contributed by atoms with van der Waals surface area (Å²) in [4.78, 5) is 2.34. The Morgan fingerprint density at radius 3 is 1.57 bits per heavy atom. The first kappa shape index (κ1) is 13.4. The van der Waals surface area contributed by atoms with Crippen LogP contribution in [0.2, 0.25) is 0 Å². The second-order valence-electron chi connectivity index (χ2n) is 5.24. The Balaban J connectivity index is 1.95. The Kier molecular flexibility index (Phi) is 4.02. The minimum atomic E-state index is 0.869. The van der Waals surface area contributed by atoms with E-state index in [1.54, 1.807) is 0 Å². The van der Waals surface area contributed by atoms with Gasteiger partial charge in [0.15, 0.2) is 0 Å². The smallest absolute Gasteiger partial charge is 0.0481 e. The molecule has 0 radical (unpaired) electrons. The van der Waals surface area contributed by atoms with Crippen LogP contribution in [0, 0.1) is 6.92 Å². The first-order valence-electron chi connectivity index (χ1n) is 7.26. The van der Waals surface area contributed by atoms with Gasteiger partial charge in [0.2, 0.25) is 0 Å². The molecule has 0 unspecified atom stereocenters. The van der Waals surface area contributed by atoms with Gasteiger partial charge in [-0.2, -0.15) is 0 Å². The Morgan fingerprint density at radius 1 is 0.619 bits per heavy atom. The number of rotatable bonds is 4. The molecule has 3 aromatic rings. The maximum atomic E-state index is 2.34. The van der Waals surface area contributed by atoms with Gasteiger partial charge in [0.25, 0.3) is 0 Å².